The predicted molar refractivity (Wildman–Crippen MR) is 33.7 cm³/mol. The van der Waals surface area contributed by atoms with Gasteiger partial charge in [-0.05, 0) is 28.5 Å². The lowest BCUT2D eigenvalue weighted by Crippen LogP contribution is -1.18. The first-order valence-corrected chi connectivity index (χ1v) is 6.95. The average Bonchev–Trinajstić information content (AvgIpc) is 1.76. The van der Waals surface area contributed by atoms with Crippen LogP contribution in [0.1, 0.15) is 0 Å². The molecule has 4 heteroatoms. The lowest BCUT2D eigenvalue weighted by molar-refractivity contribution is 4.34. The smallest absolute Gasteiger partial charge is 0.0193 e. The fourth-order valence-electron chi connectivity index (χ4n) is 0.115. The first-order chi connectivity index (χ1) is 2.50. The normalized spacial score (nSPS) is 32.0. The van der Waals surface area contributed by atoms with Crippen molar-refractivity contribution in [3.05, 3.63) is 0 Å². The Balaban J connectivity index is 2.61. The average molecular weight is 137 g/mol. The van der Waals surface area contributed by atoms with Crippen molar-refractivity contribution in [3.8, 4) is 0 Å². The number of hydrogen-bond acceptors (Lipinski definition) is 0. The van der Waals surface area contributed by atoms with Crippen LogP contribution in [0.25, 0.3) is 0 Å². The summed E-state index contributed by atoms with van der Waals surface area (Å²) in [7, 11) is 6.16. The molecule has 0 bridgehead atoms. The number of rotatable bonds is 0. The molecular weight excluding hydrogens is 136 g/mol. The van der Waals surface area contributed by atoms with Gasteiger partial charge in [0.25, 0.3) is 0 Å². The van der Waals surface area contributed by atoms with Crippen LogP contribution in [0.3, 0.4) is 0 Å². The minimum absolute atomic E-state index is 1.51. The van der Waals surface area contributed by atoms with Gasteiger partial charge in [-0.3, -0.25) is 0 Å². The van der Waals surface area contributed by atoms with Crippen LogP contribution in [-0.2, 0) is 0 Å². The summed E-state index contributed by atoms with van der Waals surface area (Å²) in [6.07, 6.45) is 0. The van der Waals surface area contributed by atoms with Gasteiger partial charge in [-0.15, -0.1) is 0 Å². The van der Waals surface area contributed by atoms with Gasteiger partial charge < -0.3 is 0 Å². The van der Waals surface area contributed by atoms with Gasteiger partial charge in [0.2, 0.25) is 0 Å². The molecule has 0 spiro atoms. The molecule has 0 amide bonds. The van der Waals surface area contributed by atoms with E-state index in [0.29, 0.717) is 0 Å². The fourth-order valence-corrected chi connectivity index (χ4v) is 9.35. The summed E-state index contributed by atoms with van der Waals surface area (Å²) in [6.45, 7) is 0. The molecule has 0 unspecified atom stereocenters. The van der Waals surface area contributed by atoms with Crippen molar-refractivity contribution < 1.29 is 0 Å². The molecule has 1 aliphatic rings. The quantitative estimate of drug-likeness (QED) is 0.449. The van der Waals surface area contributed by atoms with E-state index < -0.39 is 0 Å². The van der Waals surface area contributed by atoms with E-state index in [9.17, 15) is 0 Å². The van der Waals surface area contributed by atoms with Crippen LogP contribution >= 0.6 is 31.3 Å². The molecule has 0 aromatic rings. The van der Waals surface area contributed by atoms with Crippen LogP contribution in [0, 0.1) is 0 Å². The maximum atomic E-state index is 2.28. The second-order valence-electron chi connectivity index (χ2n) is 0.525. The highest BCUT2D eigenvalue weighted by molar-refractivity contribution is 8.50. The summed E-state index contributed by atoms with van der Waals surface area (Å²) in [5.74, 6) is 0. The molecule has 0 atom stereocenters. The Hall–Kier alpha value is 1.20. The Morgan fingerprint density at radius 3 is 2.40 bits per heavy atom. The van der Waals surface area contributed by atoms with Crippen molar-refractivity contribution >= 4 is 36.8 Å². The third kappa shape index (κ3) is 1.39. The van der Waals surface area contributed by atoms with Gasteiger partial charge in [0.15, 0.2) is 0 Å². The molecule has 1 aliphatic heterocycles. The molecule has 0 saturated heterocycles. The summed E-state index contributed by atoms with van der Waals surface area (Å²) in [5.41, 5.74) is 2.28. The highest BCUT2D eigenvalue weighted by Crippen LogP contribution is 2.49. The van der Waals surface area contributed by atoms with Crippen molar-refractivity contribution in [1.29, 1.82) is 0 Å². The first-order valence-electron chi connectivity index (χ1n) is 1.12. The van der Waals surface area contributed by atoms with Crippen LogP contribution in [0.4, 0.5) is 0 Å². The molecule has 0 N–H and O–H groups in total. The molecule has 0 fully saturated rings. The largest absolute Gasteiger partial charge is 0.0368 e. The summed E-state index contributed by atoms with van der Waals surface area (Å²) in [5, 5.41) is 0. The van der Waals surface area contributed by atoms with E-state index in [-0.39, 0.29) is 0 Å². The molecule has 1 rings (SSSR count). The fraction of sp³-hybridized carbons (Fsp3) is 0. The van der Waals surface area contributed by atoms with E-state index in [1.807, 2.05) is 0 Å². The SMILES string of the molecule is C1=PP=P[P]1. The molecule has 0 aromatic carbocycles. The zero-order chi connectivity index (χ0) is 3.54. The lowest BCUT2D eigenvalue weighted by Gasteiger charge is -1.52. The van der Waals surface area contributed by atoms with Gasteiger partial charge in [-0.1, -0.05) is 0 Å². The molecule has 25 valence electrons. The van der Waals surface area contributed by atoms with E-state index in [0.717, 1.165) is 0 Å². The molecule has 5 heavy (non-hydrogen) atoms. The zero-order valence-corrected chi connectivity index (χ0v) is 5.94. The van der Waals surface area contributed by atoms with Gasteiger partial charge in [-0.2, -0.15) is 0 Å². The Morgan fingerprint density at radius 1 is 1.20 bits per heavy atom. The van der Waals surface area contributed by atoms with Gasteiger partial charge in [0, 0.05) is 8.27 Å². The highest BCUT2D eigenvalue weighted by Gasteiger charge is 1.76. The van der Waals surface area contributed by atoms with Crippen molar-refractivity contribution in [1.82, 2.24) is 0 Å². The van der Waals surface area contributed by atoms with Gasteiger partial charge in [-0.25, -0.2) is 0 Å². The van der Waals surface area contributed by atoms with Crippen LogP contribution in [0.2, 0.25) is 0 Å². The van der Waals surface area contributed by atoms with Crippen LogP contribution < -0.4 is 0 Å². The summed E-state index contributed by atoms with van der Waals surface area (Å²) in [6, 6.07) is 0. The Morgan fingerprint density at radius 2 is 2.20 bits per heavy atom. The number of hydrogen-bond donors (Lipinski definition) is 0. The van der Waals surface area contributed by atoms with Crippen LogP contribution in [0.5, 0.6) is 0 Å². The lowest BCUT2D eigenvalue weighted by atomic mass is 11.9. The van der Waals surface area contributed by atoms with E-state index in [1.165, 1.54) is 16.2 Å². The van der Waals surface area contributed by atoms with Crippen molar-refractivity contribution in [2.24, 2.45) is 0 Å². The van der Waals surface area contributed by atoms with E-state index >= 15 is 0 Å². The van der Waals surface area contributed by atoms with E-state index in [2.05, 4.69) is 5.54 Å². The Labute approximate surface area is 37.5 Å². The Kier molecular flexibility index (Phi) is 2.08. The maximum Gasteiger partial charge on any atom is 0.0193 e. The minimum atomic E-state index is 1.51. The third-order valence-corrected chi connectivity index (χ3v) is 8.82. The second kappa shape index (κ2) is 2.39. The molecular formula is CHP4. The molecule has 1 radical (unpaired) electrons. The predicted octanol–water partition coefficient (Wildman–Crippen LogP) is 3.29. The van der Waals surface area contributed by atoms with Crippen molar-refractivity contribution in [2.75, 3.05) is 0 Å². The van der Waals surface area contributed by atoms with Crippen LogP contribution in [0.15, 0.2) is 0 Å². The van der Waals surface area contributed by atoms with Gasteiger partial charge in [0.1, 0.15) is 0 Å². The minimum Gasteiger partial charge on any atom is -0.0368 e. The Bertz CT molecular complexity index is 61.7. The second-order valence-corrected chi connectivity index (χ2v) is 7.95. The van der Waals surface area contributed by atoms with Crippen LogP contribution in [-0.4, -0.2) is 5.54 Å². The summed E-state index contributed by atoms with van der Waals surface area (Å²) >= 11 is 0. The summed E-state index contributed by atoms with van der Waals surface area (Å²) in [4.78, 5) is 0. The molecule has 0 aliphatic carbocycles. The van der Waals surface area contributed by atoms with E-state index in [1.54, 1.807) is 15.1 Å². The van der Waals surface area contributed by atoms with Gasteiger partial charge >= 0.3 is 0 Å². The molecule has 0 aromatic heterocycles. The van der Waals surface area contributed by atoms with E-state index in [4.69, 9.17) is 0 Å². The third-order valence-electron chi connectivity index (χ3n) is 0.247. The van der Waals surface area contributed by atoms with Crippen molar-refractivity contribution in [2.45, 2.75) is 0 Å². The standard InChI is InChI=1S/CHP4/c1-2-4-5-3-1/h1H. The van der Waals surface area contributed by atoms with Crippen molar-refractivity contribution in [3.63, 3.8) is 0 Å². The maximum absolute atomic E-state index is 2.28. The summed E-state index contributed by atoms with van der Waals surface area (Å²) < 4.78 is 0. The highest BCUT2D eigenvalue weighted by atomic mass is 32.4. The first kappa shape index (κ1) is 4.36. The zero-order valence-electron chi connectivity index (χ0n) is 2.37. The monoisotopic (exact) mass is 137 g/mol. The molecule has 0 saturated carbocycles. The van der Waals surface area contributed by atoms with Gasteiger partial charge in [0.05, 0.1) is 0 Å². The molecule has 0 nitrogen and oxygen atoms in total. The topological polar surface area (TPSA) is 0 Å². The molecule has 1 heterocycles.